The highest BCUT2D eigenvalue weighted by Gasteiger charge is 2.70. The van der Waals surface area contributed by atoms with Gasteiger partial charge in [0.1, 0.15) is 6.10 Å². The van der Waals surface area contributed by atoms with Crippen molar-refractivity contribution in [2.24, 2.45) is 50.7 Å². The van der Waals surface area contributed by atoms with Crippen molar-refractivity contribution < 1.29 is 29.0 Å². The van der Waals surface area contributed by atoms with E-state index in [1.807, 2.05) is 19.0 Å². The summed E-state index contributed by atoms with van der Waals surface area (Å²) < 4.78 is 6.13. The number of hydrogen-bond acceptors (Lipinski definition) is 6. The SMILES string of the molecule is CC(C)C1=C2[C@H]3CC[C@@H]4[C@@]5(C)CC[C@H](OC(=O)CC(C)(C)C(=O)O)C(C)(C)[C@@H]5CC[C@@]4(C)[C@]3(C)CC[C@@]2(NC(=O)CN(C)C)CC1=O. The first kappa shape index (κ1) is 36.1. The van der Waals surface area contributed by atoms with Crippen LogP contribution in [0.4, 0.5) is 0 Å². The van der Waals surface area contributed by atoms with Crippen LogP contribution in [0.1, 0.15) is 127 Å². The molecule has 0 heterocycles. The number of nitrogens with one attached hydrogen (secondary N) is 1. The Morgan fingerprint density at radius 2 is 1.60 bits per heavy atom. The van der Waals surface area contributed by atoms with Crippen LogP contribution < -0.4 is 5.32 Å². The van der Waals surface area contributed by atoms with Crippen molar-refractivity contribution in [3.05, 3.63) is 11.1 Å². The number of allylic oxidation sites excluding steroid dienone is 1. The first-order valence-electron chi connectivity index (χ1n) is 18.2. The molecule has 0 unspecified atom stereocenters. The molecule has 5 rings (SSSR count). The lowest BCUT2D eigenvalue weighted by molar-refractivity contribution is -0.232. The number of carbonyl (C=O) groups excluding carboxylic acids is 3. The number of carboxylic acids is 1. The molecule has 0 aromatic rings. The van der Waals surface area contributed by atoms with E-state index in [1.54, 1.807) is 13.8 Å². The molecule has 8 heteroatoms. The zero-order valence-electron chi connectivity index (χ0n) is 31.1. The summed E-state index contributed by atoms with van der Waals surface area (Å²) in [6.45, 7) is 19.8. The van der Waals surface area contributed by atoms with Gasteiger partial charge < -0.3 is 20.1 Å². The topological polar surface area (TPSA) is 113 Å². The largest absolute Gasteiger partial charge is 0.481 e. The highest BCUT2D eigenvalue weighted by atomic mass is 16.5. The number of fused-ring (bicyclic) bond motifs is 7. The second-order valence-corrected chi connectivity index (χ2v) is 18.8. The van der Waals surface area contributed by atoms with E-state index >= 15 is 0 Å². The van der Waals surface area contributed by atoms with Gasteiger partial charge in [0.2, 0.25) is 5.91 Å². The number of nitrogens with zero attached hydrogens (tertiary/aromatic N) is 1. The number of Topliss-reactive ketones (excluding diaryl/α,β-unsaturated/α-hetero) is 1. The third-order valence-electron chi connectivity index (χ3n) is 14.6. The average Bonchev–Trinajstić information content (AvgIpc) is 3.21. The molecular weight excluding hydrogens is 592 g/mol. The molecule has 0 radical (unpaired) electrons. The summed E-state index contributed by atoms with van der Waals surface area (Å²) in [6.07, 6.45) is 7.80. The van der Waals surface area contributed by atoms with Gasteiger partial charge in [0, 0.05) is 11.8 Å². The molecular formula is C39H62N2O6. The second kappa shape index (κ2) is 11.7. The van der Waals surface area contributed by atoms with Gasteiger partial charge in [-0.1, -0.05) is 48.5 Å². The number of carbonyl (C=O) groups is 4. The maximum Gasteiger partial charge on any atom is 0.309 e. The van der Waals surface area contributed by atoms with Crippen LogP contribution in [0.15, 0.2) is 11.1 Å². The monoisotopic (exact) mass is 654 g/mol. The van der Waals surface area contributed by atoms with Gasteiger partial charge >= 0.3 is 11.9 Å². The van der Waals surface area contributed by atoms with Gasteiger partial charge in [-0.2, -0.15) is 0 Å². The predicted molar refractivity (Wildman–Crippen MR) is 182 cm³/mol. The fraction of sp³-hybridized carbons (Fsp3) is 0.846. The summed E-state index contributed by atoms with van der Waals surface area (Å²) in [4.78, 5) is 53.7. The zero-order valence-corrected chi connectivity index (χ0v) is 31.1. The summed E-state index contributed by atoms with van der Waals surface area (Å²) in [5.41, 5.74) is 0.391. The van der Waals surface area contributed by atoms with Gasteiger partial charge in [0.05, 0.1) is 23.9 Å². The van der Waals surface area contributed by atoms with Crippen LogP contribution in [0, 0.1) is 50.7 Å². The maximum atomic E-state index is 13.8. The fourth-order valence-electron chi connectivity index (χ4n) is 12.2. The van der Waals surface area contributed by atoms with Crippen LogP contribution in [-0.2, 0) is 23.9 Å². The van der Waals surface area contributed by atoms with E-state index in [9.17, 15) is 24.3 Å². The number of aliphatic carboxylic acids is 1. The number of amides is 1. The molecule has 0 aromatic heterocycles. The molecule has 0 aromatic carbocycles. The van der Waals surface area contributed by atoms with Crippen molar-refractivity contribution >= 4 is 23.6 Å². The van der Waals surface area contributed by atoms with Crippen molar-refractivity contribution in [1.29, 1.82) is 0 Å². The molecule has 5 aliphatic rings. The van der Waals surface area contributed by atoms with Crippen LogP contribution in [0.3, 0.4) is 0 Å². The Morgan fingerprint density at radius 3 is 2.19 bits per heavy atom. The highest BCUT2D eigenvalue weighted by Crippen LogP contribution is 2.75. The van der Waals surface area contributed by atoms with E-state index in [0.29, 0.717) is 24.8 Å². The fourth-order valence-corrected chi connectivity index (χ4v) is 12.2. The van der Waals surface area contributed by atoms with E-state index in [0.717, 1.165) is 56.9 Å². The van der Waals surface area contributed by atoms with Gasteiger partial charge in [0.15, 0.2) is 5.78 Å². The first-order valence-corrected chi connectivity index (χ1v) is 18.2. The number of rotatable bonds is 8. The summed E-state index contributed by atoms with van der Waals surface area (Å²) in [5.74, 6) is 0.0368. The van der Waals surface area contributed by atoms with Gasteiger partial charge in [-0.15, -0.1) is 0 Å². The molecule has 8 atom stereocenters. The number of carboxylic acid groups (broad SMARTS) is 1. The molecule has 0 bridgehead atoms. The van der Waals surface area contributed by atoms with Gasteiger partial charge in [-0.3, -0.25) is 19.2 Å². The van der Waals surface area contributed by atoms with Gasteiger partial charge in [0.25, 0.3) is 0 Å². The Hall–Kier alpha value is -2.22. The van der Waals surface area contributed by atoms with Crippen LogP contribution in [0.5, 0.6) is 0 Å². The first-order chi connectivity index (χ1) is 21.6. The minimum absolute atomic E-state index is 0.00433. The van der Waals surface area contributed by atoms with Gasteiger partial charge in [-0.25, -0.2) is 0 Å². The highest BCUT2D eigenvalue weighted by molar-refractivity contribution is 6.02. The van der Waals surface area contributed by atoms with Crippen molar-refractivity contribution in [1.82, 2.24) is 10.2 Å². The molecule has 264 valence electrons. The standard InChI is InChI=1S/C39H62N2O6/c1-23(2)31-25(42)20-39(40-29(43)22-41(10)11)19-18-37(8)24(32(31)39)12-13-27-36(7)16-15-28(47-30(44)21-34(3,4)33(45)46)35(5,6)26(36)14-17-38(27,37)9/h23-24,26-28H,12-22H2,1-11H3,(H,40,43)(H,45,46)/t24-,26+,27-,28+,36+,37-,38-,39-/m1/s1. The smallest absolute Gasteiger partial charge is 0.309 e. The van der Waals surface area contributed by atoms with Crippen molar-refractivity contribution in [2.45, 2.75) is 138 Å². The quantitative estimate of drug-likeness (QED) is 0.277. The normalized spacial score (nSPS) is 39.6. The Bertz CT molecular complexity index is 1360. The van der Waals surface area contributed by atoms with E-state index in [2.05, 4.69) is 53.8 Å². The molecule has 47 heavy (non-hydrogen) atoms. The molecule has 0 saturated heterocycles. The second-order valence-electron chi connectivity index (χ2n) is 18.8. The Balaban J connectivity index is 1.45. The maximum absolute atomic E-state index is 13.8. The number of esters is 1. The minimum Gasteiger partial charge on any atom is -0.481 e. The van der Waals surface area contributed by atoms with E-state index in [-0.39, 0.29) is 57.7 Å². The number of hydrogen-bond donors (Lipinski definition) is 2. The lowest BCUT2D eigenvalue weighted by atomic mass is 9.33. The summed E-state index contributed by atoms with van der Waals surface area (Å²) in [7, 11) is 3.81. The molecule has 2 N–H and O–H groups in total. The lowest BCUT2D eigenvalue weighted by Crippen LogP contribution is -2.67. The van der Waals surface area contributed by atoms with E-state index in [1.165, 1.54) is 5.57 Å². The minimum atomic E-state index is -1.16. The van der Waals surface area contributed by atoms with E-state index < -0.39 is 22.9 Å². The Kier molecular flexibility index (Phi) is 8.97. The summed E-state index contributed by atoms with van der Waals surface area (Å²) in [5, 5.41) is 13.0. The molecule has 0 spiro atoms. The summed E-state index contributed by atoms with van der Waals surface area (Å²) in [6, 6.07) is 0. The van der Waals surface area contributed by atoms with Crippen LogP contribution in [0.2, 0.25) is 0 Å². The van der Waals surface area contributed by atoms with E-state index in [4.69, 9.17) is 4.74 Å². The lowest BCUT2D eigenvalue weighted by Gasteiger charge is -2.72. The third kappa shape index (κ3) is 5.51. The zero-order chi connectivity index (χ0) is 35.1. The molecule has 4 saturated carbocycles. The van der Waals surface area contributed by atoms with Crippen molar-refractivity contribution in [3.63, 3.8) is 0 Å². The van der Waals surface area contributed by atoms with Crippen LogP contribution >= 0.6 is 0 Å². The average molecular weight is 655 g/mol. The predicted octanol–water partition coefficient (Wildman–Crippen LogP) is 6.81. The number of likely N-dealkylation sites (N-methyl/N-ethyl adjacent to an activating group) is 1. The molecule has 8 nitrogen and oxygen atoms in total. The number of ketones is 1. The molecule has 0 aliphatic heterocycles. The Labute approximate surface area is 283 Å². The van der Waals surface area contributed by atoms with Crippen LogP contribution in [-0.4, -0.2) is 65.9 Å². The van der Waals surface area contributed by atoms with Crippen molar-refractivity contribution in [3.8, 4) is 0 Å². The Morgan fingerprint density at radius 1 is 0.936 bits per heavy atom. The number of ether oxygens (including phenoxy) is 1. The molecule has 5 aliphatic carbocycles. The van der Waals surface area contributed by atoms with Crippen molar-refractivity contribution in [2.75, 3.05) is 20.6 Å². The van der Waals surface area contributed by atoms with Gasteiger partial charge in [-0.05, 0) is 130 Å². The molecule has 1 amide bonds. The third-order valence-corrected chi connectivity index (χ3v) is 14.6. The van der Waals surface area contributed by atoms with Crippen LogP contribution in [0.25, 0.3) is 0 Å². The molecule has 4 fully saturated rings. The summed E-state index contributed by atoms with van der Waals surface area (Å²) >= 11 is 0.